The van der Waals surface area contributed by atoms with Crippen molar-refractivity contribution in [2.24, 2.45) is 0 Å². The second-order valence-corrected chi connectivity index (χ2v) is 5.35. The first kappa shape index (κ1) is 16.8. The van der Waals surface area contributed by atoms with E-state index in [1.54, 1.807) is 7.11 Å². The van der Waals surface area contributed by atoms with Gasteiger partial charge >= 0.3 is 0 Å². The van der Waals surface area contributed by atoms with Gasteiger partial charge in [0.25, 0.3) is 0 Å². The van der Waals surface area contributed by atoms with Crippen LogP contribution in [0.3, 0.4) is 0 Å². The lowest BCUT2D eigenvalue weighted by atomic mass is 9.98. The lowest BCUT2D eigenvalue weighted by Crippen LogP contribution is -2.30. The number of methoxy groups -OCH3 is 1. The van der Waals surface area contributed by atoms with Gasteiger partial charge in [-0.3, -0.25) is 0 Å². The van der Waals surface area contributed by atoms with Crippen molar-refractivity contribution in [3.05, 3.63) is 42.0 Å². The summed E-state index contributed by atoms with van der Waals surface area (Å²) >= 11 is 0. The molecular formula is C18H29NO. The summed E-state index contributed by atoms with van der Waals surface area (Å²) in [4.78, 5) is 0. The third-order valence-electron chi connectivity index (χ3n) is 3.66. The fourth-order valence-electron chi connectivity index (χ4n) is 2.25. The maximum atomic E-state index is 5.19. The molecule has 1 N–H and O–H groups in total. The molecule has 0 spiro atoms. The molecule has 1 aromatic carbocycles. The highest BCUT2D eigenvalue weighted by atomic mass is 16.5. The SMILES string of the molecule is C=C(CC)CC(CCc1ccc(OC)cc1)NCCC. The first-order chi connectivity index (χ1) is 9.69. The van der Waals surface area contributed by atoms with E-state index in [1.807, 2.05) is 12.1 Å². The highest BCUT2D eigenvalue weighted by molar-refractivity contribution is 5.27. The van der Waals surface area contributed by atoms with Crippen molar-refractivity contribution in [1.29, 1.82) is 0 Å². The number of aryl methyl sites for hydroxylation is 1. The number of hydrogen-bond acceptors (Lipinski definition) is 2. The molecule has 2 heteroatoms. The molecule has 0 aromatic heterocycles. The van der Waals surface area contributed by atoms with Crippen LogP contribution in [0.25, 0.3) is 0 Å². The Morgan fingerprint density at radius 2 is 1.95 bits per heavy atom. The molecule has 0 aliphatic carbocycles. The van der Waals surface area contributed by atoms with Gasteiger partial charge in [-0.15, -0.1) is 0 Å². The van der Waals surface area contributed by atoms with Crippen LogP contribution in [0.1, 0.15) is 45.1 Å². The Labute approximate surface area is 124 Å². The summed E-state index contributed by atoms with van der Waals surface area (Å²) in [5, 5.41) is 3.64. The smallest absolute Gasteiger partial charge is 0.118 e. The quantitative estimate of drug-likeness (QED) is 0.641. The zero-order valence-electron chi connectivity index (χ0n) is 13.2. The van der Waals surface area contributed by atoms with Crippen molar-refractivity contribution in [3.8, 4) is 5.75 Å². The van der Waals surface area contributed by atoms with E-state index >= 15 is 0 Å². The van der Waals surface area contributed by atoms with Gasteiger partial charge in [-0.2, -0.15) is 0 Å². The van der Waals surface area contributed by atoms with Crippen LogP contribution in [0, 0.1) is 0 Å². The lowest BCUT2D eigenvalue weighted by molar-refractivity contribution is 0.414. The maximum absolute atomic E-state index is 5.19. The van der Waals surface area contributed by atoms with Crippen LogP contribution in [0.5, 0.6) is 5.75 Å². The molecule has 2 nitrogen and oxygen atoms in total. The molecule has 0 aliphatic rings. The topological polar surface area (TPSA) is 21.3 Å². The summed E-state index contributed by atoms with van der Waals surface area (Å²) in [6.07, 6.45) is 5.60. The molecule has 1 aromatic rings. The van der Waals surface area contributed by atoms with Gasteiger partial charge < -0.3 is 10.1 Å². The summed E-state index contributed by atoms with van der Waals surface area (Å²) < 4.78 is 5.19. The van der Waals surface area contributed by atoms with E-state index in [2.05, 4.69) is 37.9 Å². The van der Waals surface area contributed by atoms with E-state index < -0.39 is 0 Å². The second kappa shape index (κ2) is 9.60. The first-order valence-corrected chi connectivity index (χ1v) is 7.72. The van der Waals surface area contributed by atoms with E-state index in [0.717, 1.165) is 38.0 Å². The number of ether oxygens (including phenoxy) is 1. The third-order valence-corrected chi connectivity index (χ3v) is 3.66. The van der Waals surface area contributed by atoms with Crippen molar-refractivity contribution >= 4 is 0 Å². The molecule has 0 aliphatic heterocycles. The first-order valence-electron chi connectivity index (χ1n) is 7.72. The fourth-order valence-corrected chi connectivity index (χ4v) is 2.25. The maximum Gasteiger partial charge on any atom is 0.118 e. The van der Waals surface area contributed by atoms with Crippen LogP contribution in [0.15, 0.2) is 36.4 Å². The van der Waals surface area contributed by atoms with Crippen molar-refractivity contribution < 1.29 is 4.74 Å². The Balaban J connectivity index is 2.48. The van der Waals surface area contributed by atoms with Gasteiger partial charge in [-0.05, 0) is 56.3 Å². The number of benzene rings is 1. The monoisotopic (exact) mass is 275 g/mol. The summed E-state index contributed by atoms with van der Waals surface area (Å²) in [7, 11) is 1.70. The van der Waals surface area contributed by atoms with Crippen LogP contribution in [0.2, 0.25) is 0 Å². The Bertz CT molecular complexity index is 383. The Morgan fingerprint density at radius 3 is 2.50 bits per heavy atom. The van der Waals surface area contributed by atoms with Crippen molar-refractivity contribution in [1.82, 2.24) is 5.32 Å². The molecule has 0 heterocycles. The van der Waals surface area contributed by atoms with E-state index in [0.29, 0.717) is 6.04 Å². The molecule has 0 saturated heterocycles. The summed E-state index contributed by atoms with van der Waals surface area (Å²) in [5.74, 6) is 0.925. The molecule has 0 radical (unpaired) electrons. The van der Waals surface area contributed by atoms with Crippen LogP contribution < -0.4 is 10.1 Å². The molecule has 1 atom stereocenters. The predicted molar refractivity (Wildman–Crippen MR) is 87.4 cm³/mol. The molecule has 0 saturated carbocycles. The van der Waals surface area contributed by atoms with Crippen LogP contribution >= 0.6 is 0 Å². The highest BCUT2D eigenvalue weighted by Crippen LogP contribution is 2.16. The van der Waals surface area contributed by atoms with Gasteiger partial charge in [0.15, 0.2) is 0 Å². The predicted octanol–water partition coefficient (Wildman–Crippen LogP) is 4.35. The molecule has 0 bridgehead atoms. The normalized spacial score (nSPS) is 12.2. The number of hydrogen-bond donors (Lipinski definition) is 1. The van der Waals surface area contributed by atoms with Crippen molar-refractivity contribution in [2.75, 3.05) is 13.7 Å². The van der Waals surface area contributed by atoms with Gasteiger partial charge in [-0.25, -0.2) is 0 Å². The highest BCUT2D eigenvalue weighted by Gasteiger charge is 2.09. The van der Waals surface area contributed by atoms with Crippen LogP contribution in [-0.4, -0.2) is 19.7 Å². The Hall–Kier alpha value is -1.28. The van der Waals surface area contributed by atoms with Crippen molar-refractivity contribution in [3.63, 3.8) is 0 Å². The molecule has 112 valence electrons. The summed E-state index contributed by atoms with van der Waals surface area (Å²) in [5.41, 5.74) is 2.71. The van der Waals surface area contributed by atoms with Gasteiger partial charge in [0.1, 0.15) is 5.75 Å². The number of nitrogens with one attached hydrogen (secondary N) is 1. The lowest BCUT2D eigenvalue weighted by Gasteiger charge is -2.19. The van der Waals surface area contributed by atoms with Gasteiger partial charge in [0.05, 0.1) is 7.11 Å². The van der Waals surface area contributed by atoms with E-state index in [1.165, 1.54) is 17.6 Å². The summed E-state index contributed by atoms with van der Waals surface area (Å²) in [6, 6.07) is 8.93. The molecular weight excluding hydrogens is 246 g/mol. The van der Waals surface area contributed by atoms with Crippen molar-refractivity contribution in [2.45, 2.75) is 52.0 Å². The van der Waals surface area contributed by atoms with E-state index in [9.17, 15) is 0 Å². The third kappa shape index (κ3) is 6.25. The summed E-state index contributed by atoms with van der Waals surface area (Å²) in [6.45, 7) is 9.62. The zero-order chi connectivity index (χ0) is 14.8. The Kier molecular flexibility index (Phi) is 8.05. The largest absolute Gasteiger partial charge is 0.497 e. The number of rotatable bonds is 10. The molecule has 1 unspecified atom stereocenters. The second-order valence-electron chi connectivity index (χ2n) is 5.35. The standard InChI is InChI=1S/C18H29NO/c1-5-13-19-17(14-15(3)6-2)10-7-16-8-11-18(20-4)12-9-16/h8-9,11-12,17,19H,3,5-7,10,13-14H2,1-2,4H3. The zero-order valence-corrected chi connectivity index (χ0v) is 13.2. The van der Waals surface area contributed by atoms with Crippen LogP contribution in [0.4, 0.5) is 0 Å². The van der Waals surface area contributed by atoms with Crippen LogP contribution in [-0.2, 0) is 6.42 Å². The Morgan fingerprint density at radius 1 is 1.25 bits per heavy atom. The average Bonchev–Trinajstić information content (AvgIpc) is 2.50. The van der Waals surface area contributed by atoms with E-state index in [4.69, 9.17) is 4.74 Å². The molecule has 20 heavy (non-hydrogen) atoms. The van der Waals surface area contributed by atoms with Gasteiger partial charge in [-0.1, -0.05) is 38.1 Å². The fraction of sp³-hybridized carbons (Fsp3) is 0.556. The van der Waals surface area contributed by atoms with Gasteiger partial charge in [0, 0.05) is 6.04 Å². The minimum absolute atomic E-state index is 0.546. The molecule has 0 amide bonds. The molecule has 0 fully saturated rings. The minimum Gasteiger partial charge on any atom is -0.497 e. The average molecular weight is 275 g/mol. The van der Waals surface area contributed by atoms with E-state index in [-0.39, 0.29) is 0 Å². The minimum atomic E-state index is 0.546. The molecule has 1 rings (SSSR count). The van der Waals surface area contributed by atoms with Gasteiger partial charge in [0.2, 0.25) is 0 Å².